The van der Waals surface area contributed by atoms with Gasteiger partial charge >= 0.3 is 11.9 Å². The number of carbonyl (C=O) groups is 3. The van der Waals surface area contributed by atoms with Crippen molar-refractivity contribution < 1.29 is 45.7 Å². The third-order valence-electron chi connectivity index (χ3n) is 5.96. The number of carboxylic acid groups (broad SMARTS) is 2. The molecule has 4 aromatic heterocycles. The summed E-state index contributed by atoms with van der Waals surface area (Å²) in [5.41, 5.74) is 15.2. The standard InChI is InChI=1S/C20H22N8O5.C5H4N4S.Pt/c1-28(9-11-8-23-17-15(24-11)16(21)26-20(22)27-17)12-4-2-10(3-5-12)18(31)25-13(19(32)33)6-7-14(29)30;10-5-3-4(7-1-6-3)8-2-9-5;/h2-5,8,13H,6-7,9H2,1H3,(H,25,31)(H,29,30)(H,32,33)(H4,21,22,23,26,27);1-2H,(H2,6,7,8,9,10);/t13-;;/m0../s1. The Morgan fingerprint density at radius 3 is 2.39 bits per heavy atom. The van der Waals surface area contributed by atoms with Crippen LogP contribution in [-0.4, -0.2) is 81.0 Å². The molecule has 0 spiro atoms. The number of aromatic nitrogens is 8. The third-order valence-corrected chi connectivity index (χ3v) is 6.27. The molecule has 0 unspecified atom stereocenters. The van der Waals surface area contributed by atoms with E-state index in [1.54, 1.807) is 24.7 Å². The second-order valence-electron chi connectivity index (χ2n) is 9.03. The first-order valence-corrected chi connectivity index (χ1v) is 12.9. The normalized spacial score (nSPS) is 11.1. The van der Waals surface area contributed by atoms with Crippen molar-refractivity contribution in [1.29, 1.82) is 0 Å². The zero-order valence-electron chi connectivity index (χ0n) is 22.9. The van der Waals surface area contributed by atoms with Crippen LogP contribution in [0.1, 0.15) is 28.9 Å². The van der Waals surface area contributed by atoms with Gasteiger partial charge in [-0.1, -0.05) is 12.2 Å². The number of nitrogen functional groups attached to an aromatic ring is 2. The van der Waals surface area contributed by atoms with Gasteiger partial charge in [-0.15, -0.1) is 0 Å². The van der Waals surface area contributed by atoms with Crippen molar-refractivity contribution in [3.8, 4) is 0 Å². The van der Waals surface area contributed by atoms with E-state index in [9.17, 15) is 19.5 Å². The number of aliphatic carboxylic acids is 2. The van der Waals surface area contributed by atoms with Crippen molar-refractivity contribution in [3.63, 3.8) is 0 Å². The molecule has 5 rings (SSSR count). The number of carbonyl (C=O) groups excluding carboxylic acids is 1. The smallest absolute Gasteiger partial charge is 0.326 e. The van der Waals surface area contributed by atoms with E-state index in [1.807, 2.05) is 11.9 Å². The number of nitrogens with one attached hydrogen (secondary N) is 3. The first kappa shape index (κ1) is 33.4. The minimum Gasteiger partial charge on any atom is -0.481 e. The first-order chi connectivity index (χ1) is 20.5. The zero-order valence-corrected chi connectivity index (χ0v) is 26.0. The van der Waals surface area contributed by atoms with Gasteiger partial charge in [-0.25, -0.2) is 24.7 Å². The molecule has 0 aliphatic rings. The van der Waals surface area contributed by atoms with Gasteiger partial charge in [0.15, 0.2) is 27.3 Å². The number of anilines is 3. The molecule has 232 valence electrons. The number of nitrogens with two attached hydrogens (primary N) is 2. The van der Waals surface area contributed by atoms with Gasteiger partial charge in [0.25, 0.3) is 5.91 Å². The summed E-state index contributed by atoms with van der Waals surface area (Å²) in [5, 5.41) is 20.2. The number of rotatable bonds is 9. The molecular formula is C25H26N12O5PtS. The van der Waals surface area contributed by atoms with Gasteiger partial charge in [-0.3, -0.25) is 9.59 Å². The maximum atomic E-state index is 12.4. The molecule has 0 bridgehead atoms. The van der Waals surface area contributed by atoms with Crippen LogP contribution in [0.4, 0.5) is 17.5 Å². The van der Waals surface area contributed by atoms with E-state index in [1.165, 1.54) is 18.5 Å². The van der Waals surface area contributed by atoms with Gasteiger partial charge in [-0.2, -0.15) is 9.97 Å². The predicted octanol–water partition coefficient (Wildman–Crippen LogP) is 1.28. The molecule has 19 heteroatoms. The summed E-state index contributed by atoms with van der Waals surface area (Å²) < 4.78 is 0.547. The fourth-order valence-corrected chi connectivity index (χ4v) is 4.02. The molecule has 0 saturated carbocycles. The number of benzene rings is 1. The molecule has 1 amide bonds. The second kappa shape index (κ2) is 14.9. The van der Waals surface area contributed by atoms with Gasteiger partial charge in [0, 0.05) is 45.8 Å². The second-order valence-corrected chi connectivity index (χ2v) is 9.42. The Kier molecular flexibility index (Phi) is 11.3. The summed E-state index contributed by atoms with van der Waals surface area (Å²) >= 11 is 4.91. The van der Waals surface area contributed by atoms with E-state index in [0.717, 1.165) is 16.9 Å². The van der Waals surface area contributed by atoms with Gasteiger partial charge in [0.05, 0.1) is 31.1 Å². The third kappa shape index (κ3) is 8.48. The first-order valence-electron chi connectivity index (χ1n) is 12.5. The average Bonchev–Trinajstić information content (AvgIpc) is 3.46. The Hall–Kier alpha value is -5.09. The predicted molar refractivity (Wildman–Crippen MR) is 157 cm³/mol. The molecule has 17 nitrogen and oxygen atoms in total. The summed E-state index contributed by atoms with van der Waals surface area (Å²) in [6.45, 7) is 0.370. The Labute approximate surface area is 267 Å². The molecule has 0 fully saturated rings. The van der Waals surface area contributed by atoms with Crippen LogP contribution < -0.4 is 21.7 Å². The van der Waals surface area contributed by atoms with E-state index >= 15 is 0 Å². The van der Waals surface area contributed by atoms with Crippen molar-refractivity contribution in [2.75, 3.05) is 23.4 Å². The molecule has 5 aromatic rings. The van der Waals surface area contributed by atoms with E-state index in [2.05, 4.69) is 45.2 Å². The SMILES string of the molecule is CN(Cc1cnc2nc(N)nc(N)c2n1)c1ccc(C(=O)N[C@@H](CCC(=O)O)C(=O)O)cc1.S=c1nc[nH]c2nc[nH]c12.[Pt]. The number of imidazole rings is 1. The average molecular weight is 802 g/mol. The Morgan fingerprint density at radius 1 is 1.02 bits per heavy atom. The molecule has 9 N–H and O–H groups in total. The van der Waals surface area contributed by atoms with Gasteiger partial charge in [-0.05, 0) is 30.7 Å². The molecule has 1 aromatic carbocycles. The van der Waals surface area contributed by atoms with Crippen LogP contribution in [0.25, 0.3) is 22.3 Å². The van der Waals surface area contributed by atoms with E-state index in [-0.39, 0.29) is 51.2 Å². The van der Waals surface area contributed by atoms with Crippen molar-refractivity contribution in [3.05, 3.63) is 59.0 Å². The Balaban J connectivity index is 0.000000403. The van der Waals surface area contributed by atoms with E-state index in [4.69, 9.17) is 28.8 Å². The molecule has 4 heterocycles. The van der Waals surface area contributed by atoms with Crippen LogP contribution in [0.3, 0.4) is 0 Å². The van der Waals surface area contributed by atoms with E-state index < -0.39 is 23.9 Å². The van der Waals surface area contributed by atoms with Crippen LogP contribution in [0.5, 0.6) is 0 Å². The van der Waals surface area contributed by atoms with Crippen molar-refractivity contribution in [2.45, 2.75) is 25.4 Å². The quantitative estimate of drug-likeness (QED) is 0.104. The van der Waals surface area contributed by atoms with Crippen LogP contribution in [0, 0.1) is 4.64 Å². The molecule has 0 aliphatic heterocycles. The minimum absolute atomic E-state index is 0. The Morgan fingerprint density at radius 2 is 1.73 bits per heavy atom. The van der Waals surface area contributed by atoms with Gasteiger partial charge in [0.2, 0.25) is 5.95 Å². The number of hydrogen-bond acceptors (Lipinski definition) is 13. The number of aromatic amines is 2. The number of nitrogens with zero attached hydrogens (tertiary/aromatic N) is 7. The zero-order chi connectivity index (χ0) is 31.1. The number of H-pyrrole nitrogens is 2. The van der Waals surface area contributed by atoms with Crippen LogP contribution >= 0.6 is 12.2 Å². The maximum absolute atomic E-state index is 12.4. The monoisotopic (exact) mass is 801 g/mol. The fourth-order valence-electron chi connectivity index (χ4n) is 3.81. The number of fused-ring (bicyclic) bond motifs is 2. The summed E-state index contributed by atoms with van der Waals surface area (Å²) in [7, 11) is 1.82. The van der Waals surface area contributed by atoms with Crippen LogP contribution in [0.2, 0.25) is 0 Å². The molecule has 0 radical (unpaired) electrons. The number of hydrogen-bond donors (Lipinski definition) is 7. The molecular weight excluding hydrogens is 775 g/mol. The van der Waals surface area contributed by atoms with Crippen molar-refractivity contribution >= 4 is 69.8 Å². The molecule has 44 heavy (non-hydrogen) atoms. The molecule has 0 saturated heterocycles. The van der Waals surface area contributed by atoms with E-state index in [0.29, 0.717) is 28.0 Å². The van der Waals surface area contributed by atoms with Crippen LogP contribution in [0.15, 0.2) is 43.1 Å². The largest absolute Gasteiger partial charge is 0.481 e. The molecule has 0 aliphatic carbocycles. The minimum atomic E-state index is -1.30. The number of amides is 1. The van der Waals surface area contributed by atoms with Crippen LogP contribution in [-0.2, 0) is 37.2 Å². The van der Waals surface area contributed by atoms with Crippen molar-refractivity contribution in [1.82, 2.24) is 45.2 Å². The summed E-state index contributed by atoms with van der Waals surface area (Å²) in [6.07, 6.45) is 4.08. The van der Waals surface area contributed by atoms with Crippen molar-refractivity contribution in [2.24, 2.45) is 0 Å². The fraction of sp³-hybridized carbons (Fsp3) is 0.200. The number of carboxylic acids is 2. The summed E-state index contributed by atoms with van der Waals surface area (Å²) in [4.78, 5) is 66.3. The summed E-state index contributed by atoms with van der Waals surface area (Å²) in [5.74, 6) is -2.91. The summed E-state index contributed by atoms with van der Waals surface area (Å²) in [6, 6.07) is 5.16. The molecule has 1 atom stereocenters. The van der Waals surface area contributed by atoms with Gasteiger partial charge < -0.3 is 41.9 Å². The topological polar surface area (TPSA) is 268 Å². The maximum Gasteiger partial charge on any atom is 0.326 e. The van der Waals surface area contributed by atoms with Gasteiger partial charge in [0.1, 0.15) is 11.6 Å². The Bertz CT molecular complexity index is 1850.